The van der Waals surface area contributed by atoms with Gasteiger partial charge in [0, 0.05) is 12.6 Å². The van der Waals surface area contributed by atoms with Gasteiger partial charge >= 0.3 is 0 Å². The predicted molar refractivity (Wildman–Crippen MR) is 71.9 cm³/mol. The first-order valence-corrected chi connectivity index (χ1v) is 7.31. The molecule has 2 rings (SSSR count). The molecule has 1 aliphatic heterocycles. The van der Waals surface area contributed by atoms with Crippen LogP contribution in [-0.2, 0) is 4.74 Å². The molecule has 100 valence electrons. The van der Waals surface area contributed by atoms with Crippen molar-refractivity contribution in [1.29, 1.82) is 0 Å². The zero-order valence-electron chi connectivity index (χ0n) is 11.8. The second-order valence-electron chi connectivity index (χ2n) is 7.28. The quantitative estimate of drug-likeness (QED) is 0.702. The van der Waals surface area contributed by atoms with Gasteiger partial charge in [-0.1, -0.05) is 27.2 Å². The van der Waals surface area contributed by atoms with Crippen molar-refractivity contribution in [2.75, 3.05) is 6.61 Å². The maximum absolute atomic E-state index is 6.14. The fraction of sp³-hybridized carbons (Fsp3) is 1.00. The van der Waals surface area contributed by atoms with E-state index in [4.69, 9.17) is 10.5 Å². The summed E-state index contributed by atoms with van der Waals surface area (Å²) < 4.78 is 6.14. The molecule has 0 aromatic heterocycles. The van der Waals surface area contributed by atoms with Crippen LogP contribution >= 0.6 is 0 Å². The lowest BCUT2D eigenvalue weighted by atomic mass is 9.76. The molecule has 17 heavy (non-hydrogen) atoms. The van der Waals surface area contributed by atoms with Gasteiger partial charge in [-0.3, -0.25) is 0 Å². The molecular formula is C15H29NO. The first-order chi connectivity index (χ1) is 7.91. The smallest absolute Gasteiger partial charge is 0.0697 e. The predicted octanol–water partition coefficient (Wildman–Crippen LogP) is 3.49. The number of hydrogen-bond donors (Lipinski definition) is 1. The van der Waals surface area contributed by atoms with Crippen molar-refractivity contribution in [2.45, 2.75) is 77.4 Å². The Morgan fingerprint density at radius 3 is 2.53 bits per heavy atom. The lowest BCUT2D eigenvalue weighted by Crippen LogP contribution is -2.44. The normalized spacial score (nSPS) is 40.2. The monoisotopic (exact) mass is 239 g/mol. The molecule has 2 heteroatoms. The van der Waals surface area contributed by atoms with Crippen LogP contribution in [0.4, 0.5) is 0 Å². The highest BCUT2D eigenvalue weighted by Gasteiger charge is 2.39. The minimum atomic E-state index is 0.137. The van der Waals surface area contributed by atoms with Crippen LogP contribution in [0, 0.1) is 11.3 Å². The summed E-state index contributed by atoms with van der Waals surface area (Å²) in [6.45, 7) is 8.01. The summed E-state index contributed by atoms with van der Waals surface area (Å²) in [7, 11) is 0. The SMILES string of the molecule is CC(C)(C)C1CCCC2(CC1)CC(N)CCO2. The van der Waals surface area contributed by atoms with Gasteiger partial charge in [-0.05, 0) is 49.9 Å². The van der Waals surface area contributed by atoms with Crippen LogP contribution in [0.3, 0.4) is 0 Å². The second kappa shape index (κ2) is 4.89. The molecule has 1 spiro atoms. The molecule has 2 N–H and O–H groups in total. The number of ether oxygens (including phenoxy) is 1. The van der Waals surface area contributed by atoms with E-state index >= 15 is 0 Å². The Labute approximate surface area is 106 Å². The molecule has 3 atom stereocenters. The van der Waals surface area contributed by atoms with E-state index in [-0.39, 0.29) is 5.60 Å². The first kappa shape index (κ1) is 13.4. The Balaban J connectivity index is 1.99. The molecule has 1 aliphatic carbocycles. The van der Waals surface area contributed by atoms with E-state index in [0.29, 0.717) is 11.5 Å². The van der Waals surface area contributed by atoms with Gasteiger partial charge in [0.15, 0.2) is 0 Å². The van der Waals surface area contributed by atoms with Gasteiger partial charge in [-0.2, -0.15) is 0 Å². The molecule has 3 unspecified atom stereocenters. The summed E-state index contributed by atoms with van der Waals surface area (Å²) >= 11 is 0. The molecule has 2 nitrogen and oxygen atoms in total. The summed E-state index contributed by atoms with van der Waals surface area (Å²) in [5.41, 5.74) is 6.72. The van der Waals surface area contributed by atoms with Gasteiger partial charge in [0.1, 0.15) is 0 Å². The summed E-state index contributed by atoms with van der Waals surface area (Å²) in [6, 6.07) is 0.370. The molecule has 0 aromatic rings. The molecule has 0 aromatic carbocycles. The van der Waals surface area contributed by atoms with Gasteiger partial charge in [0.05, 0.1) is 5.60 Å². The van der Waals surface area contributed by atoms with Gasteiger partial charge < -0.3 is 10.5 Å². The largest absolute Gasteiger partial charge is 0.375 e. The van der Waals surface area contributed by atoms with Crippen molar-refractivity contribution >= 4 is 0 Å². The Hall–Kier alpha value is -0.0800. The van der Waals surface area contributed by atoms with Crippen LogP contribution in [0.25, 0.3) is 0 Å². The van der Waals surface area contributed by atoms with Crippen LogP contribution < -0.4 is 5.73 Å². The molecule has 0 amide bonds. The minimum absolute atomic E-state index is 0.137. The zero-order valence-corrected chi connectivity index (χ0v) is 11.8. The van der Waals surface area contributed by atoms with Crippen molar-refractivity contribution < 1.29 is 4.74 Å². The molecule has 2 aliphatic rings. The fourth-order valence-corrected chi connectivity index (χ4v) is 3.66. The average Bonchev–Trinajstić information content (AvgIpc) is 2.40. The highest BCUT2D eigenvalue weighted by Crippen LogP contribution is 2.43. The highest BCUT2D eigenvalue weighted by atomic mass is 16.5. The average molecular weight is 239 g/mol. The topological polar surface area (TPSA) is 35.2 Å². The lowest BCUT2D eigenvalue weighted by molar-refractivity contribution is -0.0941. The third-order valence-corrected chi connectivity index (χ3v) is 4.89. The van der Waals surface area contributed by atoms with Crippen molar-refractivity contribution in [3.05, 3.63) is 0 Å². The minimum Gasteiger partial charge on any atom is -0.375 e. The summed E-state index contributed by atoms with van der Waals surface area (Å²) in [4.78, 5) is 0. The van der Waals surface area contributed by atoms with Crippen LogP contribution in [0.1, 0.15) is 65.7 Å². The van der Waals surface area contributed by atoms with Crippen LogP contribution in [0.15, 0.2) is 0 Å². The Morgan fingerprint density at radius 2 is 1.88 bits per heavy atom. The molecule has 0 radical (unpaired) electrons. The number of rotatable bonds is 0. The molecule has 1 saturated heterocycles. The third-order valence-electron chi connectivity index (χ3n) is 4.89. The molecule has 0 bridgehead atoms. The second-order valence-corrected chi connectivity index (χ2v) is 7.28. The number of nitrogens with two attached hydrogens (primary N) is 1. The van der Waals surface area contributed by atoms with E-state index in [9.17, 15) is 0 Å². The Bertz CT molecular complexity index is 258. The number of hydrogen-bond acceptors (Lipinski definition) is 2. The van der Waals surface area contributed by atoms with Crippen molar-refractivity contribution in [2.24, 2.45) is 17.1 Å². The van der Waals surface area contributed by atoms with Crippen molar-refractivity contribution in [3.63, 3.8) is 0 Å². The van der Waals surface area contributed by atoms with E-state index in [0.717, 1.165) is 25.4 Å². The molecular weight excluding hydrogens is 210 g/mol. The van der Waals surface area contributed by atoms with Crippen molar-refractivity contribution in [1.82, 2.24) is 0 Å². The summed E-state index contributed by atoms with van der Waals surface area (Å²) in [6.07, 6.45) is 8.58. The van der Waals surface area contributed by atoms with E-state index in [1.165, 1.54) is 32.1 Å². The fourth-order valence-electron chi connectivity index (χ4n) is 3.66. The summed E-state index contributed by atoms with van der Waals surface area (Å²) in [5.74, 6) is 0.851. The Kier molecular flexibility index (Phi) is 3.84. The van der Waals surface area contributed by atoms with E-state index in [2.05, 4.69) is 20.8 Å². The van der Waals surface area contributed by atoms with E-state index in [1.54, 1.807) is 0 Å². The maximum atomic E-state index is 6.14. The Morgan fingerprint density at radius 1 is 1.12 bits per heavy atom. The van der Waals surface area contributed by atoms with Gasteiger partial charge in [0.2, 0.25) is 0 Å². The van der Waals surface area contributed by atoms with Gasteiger partial charge in [-0.25, -0.2) is 0 Å². The third kappa shape index (κ3) is 3.23. The maximum Gasteiger partial charge on any atom is 0.0697 e. The highest BCUT2D eigenvalue weighted by molar-refractivity contribution is 4.92. The van der Waals surface area contributed by atoms with Crippen LogP contribution in [-0.4, -0.2) is 18.2 Å². The summed E-state index contributed by atoms with van der Waals surface area (Å²) in [5, 5.41) is 0. The van der Waals surface area contributed by atoms with Gasteiger partial charge in [0.25, 0.3) is 0 Å². The van der Waals surface area contributed by atoms with Gasteiger partial charge in [-0.15, -0.1) is 0 Å². The van der Waals surface area contributed by atoms with E-state index < -0.39 is 0 Å². The lowest BCUT2D eigenvalue weighted by Gasteiger charge is -2.40. The van der Waals surface area contributed by atoms with Crippen LogP contribution in [0.2, 0.25) is 0 Å². The molecule has 2 fully saturated rings. The van der Waals surface area contributed by atoms with E-state index in [1.807, 2.05) is 0 Å². The van der Waals surface area contributed by atoms with Crippen molar-refractivity contribution in [3.8, 4) is 0 Å². The molecule has 1 heterocycles. The standard InChI is InChI=1S/C15H29NO/c1-14(2,3)12-5-4-8-15(9-6-12)11-13(16)7-10-17-15/h12-13H,4-11,16H2,1-3H3. The first-order valence-electron chi connectivity index (χ1n) is 7.31. The molecule has 1 saturated carbocycles. The van der Waals surface area contributed by atoms with Crippen LogP contribution in [0.5, 0.6) is 0 Å². The zero-order chi connectivity index (χ0) is 12.5.